The number of carbonyl (C=O) groups excluding carboxylic acids is 1. The summed E-state index contributed by atoms with van der Waals surface area (Å²) in [5, 5.41) is 13.4. The van der Waals surface area contributed by atoms with Crippen LogP contribution in [0.15, 0.2) is 30.6 Å². The highest BCUT2D eigenvalue weighted by atomic mass is 19.4. The molecule has 1 aromatic carbocycles. The number of rotatable bonds is 3. The summed E-state index contributed by atoms with van der Waals surface area (Å²) in [6.07, 6.45) is -0.0684. The molecule has 0 radical (unpaired) electrons. The zero-order valence-electron chi connectivity index (χ0n) is 17.7. The lowest BCUT2D eigenvalue weighted by Gasteiger charge is -2.33. The summed E-state index contributed by atoms with van der Waals surface area (Å²) >= 11 is 0. The average Bonchev–Trinajstić information content (AvgIpc) is 3.14. The third kappa shape index (κ3) is 6.00. The molecule has 1 fully saturated rings. The smallest absolute Gasteiger partial charge is 0.416 e. The molecule has 1 amide bonds. The number of carbonyl (C=O) groups is 1. The van der Waals surface area contributed by atoms with Gasteiger partial charge < -0.3 is 9.64 Å². The van der Waals surface area contributed by atoms with E-state index in [0.717, 1.165) is 25.0 Å². The fourth-order valence-electron chi connectivity index (χ4n) is 3.52. The van der Waals surface area contributed by atoms with E-state index in [-0.39, 0.29) is 11.7 Å². The molecule has 0 unspecified atom stereocenters. The SMILES string of the molecule is CC(C)(C)OC(=O)N1CCC(Cn2cc(-c3cc(C#N)cc(C(F)(F)F)c3)cn2)CC1. The number of halogens is 3. The lowest BCUT2D eigenvalue weighted by atomic mass is 9.97. The minimum absolute atomic E-state index is 0.0490. The van der Waals surface area contributed by atoms with E-state index in [9.17, 15) is 18.0 Å². The molecule has 1 aliphatic heterocycles. The molecule has 1 aromatic heterocycles. The first-order valence-electron chi connectivity index (χ1n) is 10.1. The van der Waals surface area contributed by atoms with Crippen molar-refractivity contribution >= 4 is 6.09 Å². The van der Waals surface area contributed by atoms with Gasteiger partial charge in [-0.15, -0.1) is 0 Å². The van der Waals surface area contributed by atoms with Gasteiger partial charge in [0.1, 0.15) is 5.60 Å². The Kier molecular flexibility index (Phi) is 6.30. The van der Waals surface area contributed by atoms with Crippen LogP contribution in [0.25, 0.3) is 11.1 Å². The van der Waals surface area contributed by atoms with E-state index in [2.05, 4.69) is 5.10 Å². The molecule has 6 nitrogen and oxygen atoms in total. The van der Waals surface area contributed by atoms with Crippen LogP contribution in [0.3, 0.4) is 0 Å². The van der Waals surface area contributed by atoms with Crippen molar-refractivity contribution in [2.45, 2.75) is 51.9 Å². The quantitative estimate of drug-likeness (QED) is 0.675. The summed E-state index contributed by atoms with van der Waals surface area (Å²) in [5.41, 5.74) is -0.615. The van der Waals surface area contributed by atoms with Crippen molar-refractivity contribution in [3.05, 3.63) is 41.7 Å². The Morgan fingerprint density at radius 3 is 2.45 bits per heavy atom. The Morgan fingerprint density at radius 2 is 1.87 bits per heavy atom. The third-order valence-corrected chi connectivity index (χ3v) is 5.07. The fourth-order valence-corrected chi connectivity index (χ4v) is 3.52. The lowest BCUT2D eigenvalue weighted by Crippen LogP contribution is -2.42. The first-order valence-corrected chi connectivity index (χ1v) is 10.1. The zero-order valence-corrected chi connectivity index (χ0v) is 17.7. The Bertz CT molecular complexity index is 978. The van der Waals surface area contributed by atoms with Gasteiger partial charge in [0.05, 0.1) is 23.4 Å². The fraction of sp³-hybridized carbons (Fsp3) is 0.500. The molecule has 3 rings (SSSR count). The molecule has 9 heteroatoms. The second kappa shape index (κ2) is 8.61. The van der Waals surface area contributed by atoms with Crippen LogP contribution in [0.5, 0.6) is 0 Å². The van der Waals surface area contributed by atoms with Crippen LogP contribution in [0.4, 0.5) is 18.0 Å². The number of nitrogens with zero attached hydrogens (tertiary/aromatic N) is 4. The Hall–Kier alpha value is -3.02. The summed E-state index contributed by atoms with van der Waals surface area (Å²) in [7, 11) is 0. The molecule has 166 valence electrons. The molecule has 0 atom stereocenters. The molecule has 0 N–H and O–H groups in total. The number of alkyl halides is 3. The molecule has 0 spiro atoms. The van der Waals surface area contributed by atoms with Crippen LogP contribution in [0.1, 0.15) is 44.7 Å². The number of amides is 1. The molecule has 0 aliphatic carbocycles. The number of nitriles is 1. The first kappa shape index (κ1) is 22.7. The summed E-state index contributed by atoms with van der Waals surface area (Å²) in [6.45, 7) is 7.27. The average molecular weight is 434 g/mol. The molecular formula is C22H25F3N4O2. The second-order valence-electron chi connectivity index (χ2n) is 8.77. The van der Waals surface area contributed by atoms with Gasteiger partial charge in [0.2, 0.25) is 0 Å². The third-order valence-electron chi connectivity index (χ3n) is 5.07. The lowest BCUT2D eigenvalue weighted by molar-refractivity contribution is -0.137. The van der Waals surface area contributed by atoms with E-state index in [1.807, 2.05) is 20.8 Å². The van der Waals surface area contributed by atoms with Crippen molar-refractivity contribution in [2.24, 2.45) is 5.92 Å². The van der Waals surface area contributed by atoms with Gasteiger partial charge in [-0.05, 0) is 63.3 Å². The summed E-state index contributed by atoms with van der Waals surface area (Å²) in [5.74, 6) is 0.294. The predicted molar refractivity (Wildman–Crippen MR) is 108 cm³/mol. The Balaban J connectivity index is 1.64. The van der Waals surface area contributed by atoms with Gasteiger partial charge in [-0.1, -0.05) is 0 Å². The molecule has 2 heterocycles. The molecule has 1 saturated heterocycles. The van der Waals surface area contributed by atoms with Crippen molar-refractivity contribution < 1.29 is 22.7 Å². The zero-order chi connectivity index (χ0) is 22.8. The van der Waals surface area contributed by atoms with E-state index in [1.54, 1.807) is 21.8 Å². The van der Waals surface area contributed by atoms with Gasteiger partial charge >= 0.3 is 12.3 Å². The number of benzene rings is 1. The topological polar surface area (TPSA) is 71.2 Å². The van der Waals surface area contributed by atoms with Crippen LogP contribution < -0.4 is 0 Å². The molecule has 0 saturated carbocycles. The van der Waals surface area contributed by atoms with Gasteiger partial charge in [-0.25, -0.2) is 4.79 Å². The van der Waals surface area contributed by atoms with Crippen molar-refractivity contribution in [3.63, 3.8) is 0 Å². The largest absolute Gasteiger partial charge is 0.444 e. The number of piperidine rings is 1. The monoisotopic (exact) mass is 434 g/mol. The number of hydrogen-bond acceptors (Lipinski definition) is 4. The van der Waals surface area contributed by atoms with Gasteiger partial charge in [-0.2, -0.15) is 23.5 Å². The first-order chi connectivity index (χ1) is 14.4. The normalized spacial score (nSPS) is 15.6. The minimum Gasteiger partial charge on any atom is -0.444 e. The van der Waals surface area contributed by atoms with Gasteiger partial charge in [-0.3, -0.25) is 4.68 Å². The highest BCUT2D eigenvalue weighted by molar-refractivity contribution is 5.68. The van der Waals surface area contributed by atoms with Crippen LogP contribution >= 0.6 is 0 Å². The van der Waals surface area contributed by atoms with Crippen LogP contribution in [0, 0.1) is 17.2 Å². The molecule has 2 aromatic rings. The second-order valence-corrected chi connectivity index (χ2v) is 8.77. The highest BCUT2D eigenvalue weighted by Crippen LogP contribution is 2.33. The van der Waals surface area contributed by atoms with Gasteiger partial charge in [0, 0.05) is 31.4 Å². The summed E-state index contributed by atoms with van der Waals surface area (Å²) < 4.78 is 46.5. The van der Waals surface area contributed by atoms with Crippen LogP contribution in [0.2, 0.25) is 0 Å². The van der Waals surface area contributed by atoms with Gasteiger partial charge in [0.15, 0.2) is 0 Å². The molecule has 31 heavy (non-hydrogen) atoms. The maximum Gasteiger partial charge on any atom is 0.416 e. The van der Waals surface area contributed by atoms with E-state index in [4.69, 9.17) is 10.00 Å². The van der Waals surface area contributed by atoms with E-state index in [0.29, 0.717) is 36.7 Å². The molecular weight excluding hydrogens is 409 g/mol. The number of likely N-dealkylation sites (tertiary alicyclic amines) is 1. The highest BCUT2D eigenvalue weighted by Gasteiger charge is 2.31. The number of ether oxygens (including phenoxy) is 1. The van der Waals surface area contributed by atoms with E-state index < -0.39 is 17.3 Å². The number of hydrogen-bond donors (Lipinski definition) is 0. The predicted octanol–water partition coefficient (Wildman–Crippen LogP) is 5.09. The molecule has 0 bridgehead atoms. The van der Waals surface area contributed by atoms with Crippen molar-refractivity contribution in [1.29, 1.82) is 5.26 Å². The van der Waals surface area contributed by atoms with Crippen molar-refractivity contribution in [3.8, 4) is 17.2 Å². The van der Waals surface area contributed by atoms with E-state index >= 15 is 0 Å². The molecule has 1 aliphatic rings. The van der Waals surface area contributed by atoms with E-state index in [1.165, 1.54) is 12.3 Å². The Morgan fingerprint density at radius 1 is 1.19 bits per heavy atom. The Labute approximate surface area is 179 Å². The standard InChI is InChI=1S/C22H25F3N4O2/c1-21(2,3)31-20(30)28-6-4-15(5-7-28)13-29-14-18(12-27-29)17-8-16(11-26)9-19(10-17)22(23,24)25/h8-10,12,14-15H,4-7,13H2,1-3H3. The van der Waals surface area contributed by atoms with Gasteiger partial charge in [0.25, 0.3) is 0 Å². The van der Waals surface area contributed by atoms with Crippen LogP contribution in [-0.2, 0) is 17.5 Å². The van der Waals surface area contributed by atoms with Crippen LogP contribution in [-0.4, -0.2) is 39.5 Å². The maximum atomic E-state index is 13.1. The summed E-state index contributed by atoms with van der Waals surface area (Å²) in [4.78, 5) is 13.9. The minimum atomic E-state index is -4.53. The van der Waals surface area contributed by atoms with Crippen molar-refractivity contribution in [2.75, 3.05) is 13.1 Å². The summed E-state index contributed by atoms with van der Waals surface area (Å²) in [6, 6.07) is 5.08. The van der Waals surface area contributed by atoms with Crippen molar-refractivity contribution in [1.82, 2.24) is 14.7 Å². The number of aromatic nitrogens is 2. The maximum absolute atomic E-state index is 13.1.